The van der Waals surface area contributed by atoms with Crippen LogP contribution < -0.4 is 10.1 Å². The number of likely N-dealkylation sites (tertiary alicyclic amines) is 1. The van der Waals surface area contributed by atoms with Gasteiger partial charge in [-0.1, -0.05) is 12.1 Å². The zero-order valence-electron chi connectivity index (χ0n) is 17.3. The highest BCUT2D eigenvalue weighted by atomic mass is 19.4. The predicted molar refractivity (Wildman–Crippen MR) is 108 cm³/mol. The zero-order chi connectivity index (χ0) is 22.1. The van der Waals surface area contributed by atoms with Crippen molar-refractivity contribution in [2.45, 2.75) is 45.5 Å². The number of aliphatic imine (C=N–C) groups is 2. The summed E-state index contributed by atoms with van der Waals surface area (Å²) in [5.41, 5.74) is 0.993. The fourth-order valence-corrected chi connectivity index (χ4v) is 2.99. The third-order valence-corrected chi connectivity index (χ3v) is 4.46. The number of benzene rings is 1. The van der Waals surface area contributed by atoms with Gasteiger partial charge < -0.3 is 19.7 Å². The van der Waals surface area contributed by atoms with E-state index in [0.717, 1.165) is 24.3 Å². The van der Waals surface area contributed by atoms with E-state index >= 15 is 0 Å². The molecule has 1 saturated heterocycles. The topological polar surface area (TPSA) is 75.5 Å². The maximum absolute atomic E-state index is 12.0. The molecule has 2 unspecified atom stereocenters. The Kier molecular flexibility index (Phi) is 8.64. The number of carbonyl (C=O) groups is 1. The lowest BCUT2D eigenvalue weighted by molar-refractivity contribution is -0.173. The molecule has 30 heavy (non-hydrogen) atoms. The minimum atomic E-state index is -4.36. The van der Waals surface area contributed by atoms with Crippen LogP contribution in [-0.4, -0.2) is 61.7 Å². The molecule has 2 rings (SSSR count). The van der Waals surface area contributed by atoms with E-state index in [0.29, 0.717) is 12.4 Å². The van der Waals surface area contributed by atoms with Crippen LogP contribution in [0.5, 0.6) is 5.75 Å². The van der Waals surface area contributed by atoms with E-state index in [9.17, 15) is 18.0 Å². The average Bonchev–Trinajstić information content (AvgIpc) is 3.12. The first kappa shape index (κ1) is 23.7. The van der Waals surface area contributed by atoms with Crippen LogP contribution in [0, 0.1) is 0 Å². The molecule has 0 bridgehead atoms. The van der Waals surface area contributed by atoms with Crippen molar-refractivity contribution in [3.05, 3.63) is 29.8 Å². The van der Waals surface area contributed by atoms with E-state index in [1.165, 1.54) is 13.3 Å². The molecule has 1 aromatic carbocycles. The van der Waals surface area contributed by atoms with E-state index in [1.807, 2.05) is 43.0 Å². The Labute approximate surface area is 174 Å². The predicted octanol–water partition coefficient (Wildman–Crippen LogP) is 3.32. The van der Waals surface area contributed by atoms with Crippen molar-refractivity contribution in [1.82, 2.24) is 10.2 Å². The second kappa shape index (κ2) is 11.0. The van der Waals surface area contributed by atoms with Gasteiger partial charge in [0.15, 0.2) is 0 Å². The lowest BCUT2D eigenvalue weighted by atomic mass is 10.1. The van der Waals surface area contributed by atoms with Crippen molar-refractivity contribution in [3.8, 4) is 5.75 Å². The molecule has 1 aliphatic rings. The third-order valence-electron chi connectivity index (χ3n) is 4.46. The van der Waals surface area contributed by atoms with Crippen molar-refractivity contribution in [3.63, 3.8) is 0 Å². The highest BCUT2D eigenvalue weighted by Crippen LogP contribution is 2.21. The Morgan fingerprint density at radius 3 is 2.67 bits per heavy atom. The van der Waals surface area contributed by atoms with Gasteiger partial charge in [-0.05, 0) is 31.5 Å². The van der Waals surface area contributed by atoms with Crippen molar-refractivity contribution in [1.29, 1.82) is 0 Å². The summed E-state index contributed by atoms with van der Waals surface area (Å²) in [5.74, 6) is 1.38. The van der Waals surface area contributed by atoms with E-state index in [2.05, 4.69) is 20.0 Å². The van der Waals surface area contributed by atoms with Gasteiger partial charge in [0.05, 0.1) is 12.6 Å². The van der Waals surface area contributed by atoms with Crippen molar-refractivity contribution >= 4 is 18.1 Å². The minimum absolute atomic E-state index is 0.000765. The summed E-state index contributed by atoms with van der Waals surface area (Å²) >= 11 is 0. The highest BCUT2D eigenvalue weighted by Gasteiger charge is 2.27. The van der Waals surface area contributed by atoms with Crippen LogP contribution in [0.1, 0.15) is 38.8 Å². The Morgan fingerprint density at radius 1 is 1.33 bits per heavy atom. The summed E-state index contributed by atoms with van der Waals surface area (Å²) in [4.78, 5) is 21.0. The number of carbonyl (C=O) groups excluding carboxylic acids is 1. The SMILES string of the molecule is CC(=O)NC(C)c1ccc(OC2CCN(C(C)=NC=NCOCC(F)(F)F)C2)cc1. The Bertz CT molecular complexity index is 751. The Morgan fingerprint density at radius 2 is 2.03 bits per heavy atom. The lowest BCUT2D eigenvalue weighted by Gasteiger charge is -2.18. The summed E-state index contributed by atoms with van der Waals surface area (Å²) < 4.78 is 46.3. The first-order valence-electron chi connectivity index (χ1n) is 9.60. The third kappa shape index (κ3) is 8.40. The molecule has 0 spiro atoms. The number of alkyl halides is 3. The monoisotopic (exact) mass is 428 g/mol. The first-order valence-corrected chi connectivity index (χ1v) is 9.60. The molecule has 1 aliphatic heterocycles. The number of nitrogens with zero attached hydrogens (tertiary/aromatic N) is 3. The molecule has 1 N–H and O–H groups in total. The second-order valence-corrected chi connectivity index (χ2v) is 7.03. The van der Waals surface area contributed by atoms with Crippen molar-refractivity contribution < 1.29 is 27.4 Å². The molecule has 1 heterocycles. The van der Waals surface area contributed by atoms with E-state index in [-0.39, 0.29) is 18.1 Å². The fraction of sp³-hybridized carbons (Fsp3) is 0.550. The molecule has 1 aromatic rings. The van der Waals surface area contributed by atoms with E-state index < -0.39 is 19.5 Å². The molecule has 0 aliphatic carbocycles. The lowest BCUT2D eigenvalue weighted by Crippen LogP contribution is -2.29. The van der Waals surface area contributed by atoms with Crippen LogP contribution >= 0.6 is 0 Å². The van der Waals surface area contributed by atoms with Gasteiger partial charge in [0, 0.05) is 19.9 Å². The number of amides is 1. The summed E-state index contributed by atoms with van der Waals surface area (Å²) in [7, 11) is 0. The van der Waals surface area contributed by atoms with Gasteiger partial charge in [0.1, 0.15) is 37.4 Å². The molecule has 7 nitrogen and oxygen atoms in total. The quantitative estimate of drug-likeness (QED) is 0.392. The van der Waals surface area contributed by atoms with Gasteiger partial charge in [-0.15, -0.1) is 0 Å². The number of ether oxygens (including phenoxy) is 2. The van der Waals surface area contributed by atoms with Crippen LogP contribution in [-0.2, 0) is 9.53 Å². The Hall–Kier alpha value is -2.62. The normalized spacial score (nSPS) is 18.7. The summed E-state index contributed by atoms with van der Waals surface area (Å²) in [5, 5.41) is 2.84. The standard InChI is InChI=1S/C20H27F3N4O3/c1-14(26-16(3)28)17-4-6-18(7-5-17)30-19-8-9-27(10-19)15(2)25-12-24-13-29-11-20(21,22)23/h4-7,12,14,19H,8-11,13H2,1-3H3,(H,26,28). The fourth-order valence-electron chi connectivity index (χ4n) is 2.99. The number of halogens is 3. The van der Waals surface area contributed by atoms with Gasteiger partial charge in [-0.25, -0.2) is 9.98 Å². The van der Waals surface area contributed by atoms with Gasteiger partial charge in [-0.2, -0.15) is 13.2 Å². The van der Waals surface area contributed by atoms with Gasteiger partial charge in [-0.3, -0.25) is 4.79 Å². The molecule has 0 aromatic heterocycles. The van der Waals surface area contributed by atoms with Gasteiger partial charge in [0.25, 0.3) is 0 Å². The second-order valence-electron chi connectivity index (χ2n) is 7.03. The van der Waals surface area contributed by atoms with E-state index in [4.69, 9.17) is 4.74 Å². The van der Waals surface area contributed by atoms with Gasteiger partial charge >= 0.3 is 6.18 Å². The summed E-state index contributed by atoms with van der Waals surface area (Å²) in [6.45, 7) is 4.90. The molecule has 1 amide bonds. The number of nitrogens with one attached hydrogen (secondary N) is 1. The minimum Gasteiger partial charge on any atom is -0.489 e. The van der Waals surface area contributed by atoms with Crippen LogP contribution in [0.3, 0.4) is 0 Å². The maximum atomic E-state index is 12.0. The molecule has 10 heteroatoms. The number of rotatable bonds is 8. The zero-order valence-corrected chi connectivity index (χ0v) is 17.3. The first-order chi connectivity index (χ1) is 14.1. The smallest absolute Gasteiger partial charge is 0.411 e. The molecule has 2 atom stereocenters. The molecule has 0 saturated carbocycles. The molecule has 1 fully saturated rings. The number of amidine groups is 1. The molecular formula is C20H27F3N4O3. The van der Waals surface area contributed by atoms with Crippen LogP contribution in [0.2, 0.25) is 0 Å². The number of hydrogen-bond acceptors (Lipinski definition) is 4. The summed E-state index contributed by atoms with van der Waals surface area (Å²) in [6.07, 6.45) is -2.33. The van der Waals surface area contributed by atoms with Crippen LogP contribution in [0.4, 0.5) is 13.2 Å². The maximum Gasteiger partial charge on any atom is 0.411 e. The van der Waals surface area contributed by atoms with Crippen molar-refractivity contribution in [2.75, 3.05) is 26.4 Å². The van der Waals surface area contributed by atoms with Crippen LogP contribution in [0.25, 0.3) is 0 Å². The van der Waals surface area contributed by atoms with Crippen molar-refractivity contribution in [2.24, 2.45) is 9.98 Å². The molecule has 0 radical (unpaired) electrons. The molecule has 166 valence electrons. The van der Waals surface area contributed by atoms with E-state index in [1.54, 1.807) is 0 Å². The van der Waals surface area contributed by atoms with Crippen LogP contribution in [0.15, 0.2) is 34.3 Å². The highest BCUT2D eigenvalue weighted by molar-refractivity contribution is 5.87. The average molecular weight is 428 g/mol. The Balaban J connectivity index is 1.77. The van der Waals surface area contributed by atoms with Gasteiger partial charge in [0.2, 0.25) is 5.91 Å². The largest absolute Gasteiger partial charge is 0.489 e. The summed E-state index contributed by atoms with van der Waals surface area (Å²) in [6, 6.07) is 7.53. The molecular weight excluding hydrogens is 401 g/mol. The number of hydrogen-bond donors (Lipinski definition) is 1.